The third-order valence-electron chi connectivity index (χ3n) is 5.16. The van der Waals surface area contributed by atoms with E-state index in [0.29, 0.717) is 11.3 Å². The number of ether oxygens (including phenoxy) is 1. The summed E-state index contributed by atoms with van der Waals surface area (Å²) in [5.41, 5.74) is 1.93. The Labute approximate surface area is 196 Å². The molecule has 0 N–H and O–H groups in total. The molecule has 174 valence electrons. The van der Waals surface area contributed by atoms with Crippen LogP contribution in [0.4, 0.5) is 19.3 Å². The molecule has 1 unspecified atom stereocenters. The van der Waals surface area contributed by atoms with Crippen molar-refractivity contribution in [3.63, 3.8) is 0 Å². The number of amides is 1. The first-order valence-electron chi connectivity index (χ1n) is 10.8. The second kappa shape index (κ2) is 9.13. The zero-order valence-corrected chi connectivity index (χ0v) is 19.3. The van der Waals surface area contributed by atoms with Crippen molar-refractivity contribution in [1.29, 1.82) is 0 Å². The summed E-state index contributed by atoms with van der Waals surface area (Å²) in [6.07, 6.45) is 3.96. The van der Waals surface area contributed by atoms with Crippen molar-refractivity contribution < 1.29 is 18.3 Å². The van der Waals surface area contributed by atoms with Gasteiger partial charge in [-0.15, -0.1) is 0 Å². The van der Waals surface area contributed by atoms with Crippen LogP contribution in [0.2, 0.25) is 0 Å². The molecular weight excluding hydrogens is 438 g/mol. The lowest BCUT2D eigenvalue weighted by molar-refractivity contribution is 0.0567. The monoisotopic (exact) mass is 462 g/mol. The van der Waals surface area contributed by atoms with Crippen molar-refractivity contribution in [2.24, 2.45) is 0 Å². The first-order chi connectivity index (χ1) is 16.1. The predicted molar refractivity (Wildman–Crippen MR) is 126 cm³/mol. The van der Waals surface area contributed by atoms with Crippen molar-refractivity contribution in [3.8, 4) is 11.1 Å². The molecule has 0 fully saturated rings. The van der Waals surface area contributed by atoms with Crippen LogP contribution in [0.15, 0.2) is 67.3 Å². The molecule has 4 rings (SSSR count). The van der Waals surface area contributed by atoms with Crippen molar-refractivity contribution in [2.45, 2.75) is 39.3 Å². The number of fused-ring (bicyclic) bond motifs is 1. The Bertz CT molecular complexity index is 1330. The van der Waals surface area contributed by atoms with Crippen LogP contribution in [0, 0.1) is 11.6 Å². The summed E-state index contributed by atoms with van der Waals surface area (Å²) in [7, 11) is 0. The van der Waals surface area contributed by atoms with Crippen LogP contribution < -0.4 is 4.90 Å². The van der Waals surface area contributed by atoms with E-state index < -0.39 is 29.4 Å². The maximum absolute atomic E-state index is 14.1. The van der Waals surface area contributed by atoms with E-state index in [-0.39, 0.29) is 5.69 Å². The summed E-state index contributed by atoms with van der Waals surface area (Å²) in [6.45, 7) is 6.88. The molecule has 2 aromatic heterocycles. The van der Waals surface area contributed by atoms with Gasteiger partial charge in [-0.05, 0) is 57.5 Å². The SMILES string of the molecule is CC(c1ncncc1-c1ccc2cccnc2c1)N(C(=O)OC(C)(C)C)c1cc(F)cc(F)c1. The third kappa shape index (κ3) is 5.01. The van der Waals surface area contributed by atoms with Crippen LogP contribution in [0.1, 0.15) is 39.4 Å². The highest BCUT2D eigenvalue weighted by Gasteiger charge is 2.31. The Morgan fingerprint density at radius 2 is 1.76 bits per heavy atom. The molecule has 4 aromatic rings. The number of nitrogens with zero attached hydrogens (tertiary/aromatic N) is 4. The molecular formula is C26H24F2N4O2. The van der Waals surface area contributed by atoms with E-state index in [0.717, 1.165) is 34.7 Å². The van der Waals surface area contributed by atoms with E-state index in [1.54, 1.807) is 40.1 Å². The summed E-state index contributed by atoms with van der Waals surface area (Å²) in [5.74, 6) is -1.61. The van der Waals surface area contributed by atoms with Gasteiger partial charge >= 0.3 is 6.09 Å². The molecule has 6 nitrogen and oxygen atoms in total. The third-order valence-corrected chi connectivity index (χ3v) is 5.16. The molecule has 2 heterocycles. The molecule has 0 bridgehead atoms. The minimum Gasteiger partial charge on any atom is -0.443 e. The van der Waals surface area contributed by atoms with Crippen molar-refractivity contribution in [2.75, 3.05) is 4.90 Å². The van der Waals surface area contributed by atoms with E-state index in [1.165, 1.54) is 11.2 Å². The second-order valence-electron chi connectivity index (χ2n) is 8.89. The van der Waals surface area contributed by atoms with Gasteiger partial charge in [0.1, 0.15) is 23.6 Å². The molecule has 2 aromatic carbocycles. The maximum atomic E-state index is 14.1. The van der Waals surface area contributed by atoms with Gasteiger partial charge in [0.25, 0.3) is 0 Å². The standard InChI is InChI=1S/C26H24F2N4O2/c1-16(32(25(33)34-26(2,3)4)21-12-19(27)11-20(28)13-21)24-22(14-29-15-31-24)18-8-7-17-6-5-9-30-23(17)10-18/h5-16H,1-4H3. The molecule has 0 saturated carbocycles. The minimum absolute atomic E-state index is 0.0176. The maximum Gasteiger partial charge on any atom is 0.415 e. The van der Waals surface area contributed by atoms with E-state index in [1.807, 2.05) is 30.3 Å². The second-order valence-corrected chi connectivity index (χ2v) is 8.89. The fourth-order valence-corrected chi connectivity index (χ4v) is 3.73. The highest BCUT2D eigenvalue weighted by atomic mass is 19.1. The number of hydrogen-bond acceptors (Lipinski definition) is 5. The Morgan fingerprint density at radius 3 is 2.47 bits per heavy atom. The summed E-state index contributed by atoms with van der Waals surface area (Å²) in [5, 5.41) is 0.975. The first-order valence-corrected chi connectivity index (χ1v) is 10.8. The smallest absolute Gasteiger partial charge is 0.415 e. The number of halogens is 2. The Morgan fingerprint density at radius 1 is 1.03 bits per heavy atom. The number of benzene rings is 2. The van der Waals surface area contributed by atoms with Crippen molar-refractivity contribution >= 4 is 22.7 Å². The van der Waals surface area contributed by atoms with Gasteiger partial charge in [0.15, 0.2) is 0 Å². The van der Waals surface area contributed by atoms with Gasteiger partial charge in [-0.3, -0.25) is 9.88 Å². The molecule has 0 radical (unpaired) electrons. The molecule has 1 amide bonds. The number of carbonyl (C=O) groups excluding carboxylic acids is 1. The number of aromatic nitrogens is 3. The molecule has 0 saturated heterocycles. The quantitative estimate of drug-likeness (QED) is 0.348. The highest BCUT2D eigenvalue weighted by molar-refractivity contribution is 5.90. The first kappa shape index (κ1) is 23.2. The number of anilines is 1. The van der Waals surface area contributed by atoms with E-state index >= 15 is 0 Å². The van der Waals surface area contributed by atoms with Gasteiger partial charge in [-0.1, -0.05) is 18.2 Å². The summed E-state index contributed by atoms with van der Waals surface area (Å²) >= 11 is 0. The van der Waals surface area contributed by atoms with Gasteiger partial charge in [0.2, 0.25) is 0 Å². The fraction of sp³-hybridized carbons (Fsp3) is 0.231. The normalized spacial score (nSPS) is 12.4. The molecule has 0 spiro atoms. The highest BCUT2D eigenvalue weighted by Crippen LogP contribution is 2.34. The Hall–Kier alpha value is -3.94. The summed E-state index contributed by atoms with van der Waals surface area (Å²) in [6, 6.07) is 11.8. The van der Waals surface area contributed by atoms with Crippen LogP contribution in [-0.4, -0.2) is 26.6 Å². The molecule has 0 aliphatic rings. The van der Waals surface area contributed by atoms with Crippen molar-refractivity contribution in [3.05, 3.63) is 84.6 Å². The van der Waals surface area contributed by atoms with Crippen LogP contribution in [-0.2, 0) is 4.74 Å². The van der Waals surface area contributed by atoms with Gasteiger partial charge in [0.05, 0.1) is 22.9 Å². The zero-order valence-electron chi connectivity index (χ0n) is 19.3. The molecule has 8 heteroatoms. The van der Waals surface area contributed by atoms with Crippen LogP contribution in [0.3, 0.4) is 0 Å². The number of rotatable bonds is 4. The lowest BCUT2D eigenvalue weighted by atomic mass is 9.99. The van der Waals surface area contributed by atoms with Gasteiger partial charge < -0.3 is 4.74 Å². The molecule has 0 aliphatic carbocycles. The predicted octanol–water partition coefficient (Wildman–Crippen LogP) is 6.47. The number of carbonyl (C=O) groups is 1. The average Bonchev–Trinajstić information content (AvgIpc) is 2.77. The van der Waals surface area contributed by atoms with Gasteiger partial charge in [-0.25, -0.2) is 23.5 Å². The summed E-state index contributed by atoms with van der Waals surface area (Å²) in [4.78, 5) is 27.4. The minimum atomic E-state index is -0.820. The molecule has 0 aliphatic heterocycles. The molecule has 34 heavy (non-hydrogen) atoms. The van der Waals surface area contributed by atoms with Gasteiger partial charge in [-0.2, -0.15) is 0 Å². The number of hydrogen-bond donors (Lipinski definition) is 0. The summed E-state index contributed by atoms with van der Waals surface area (Å²) < 4.78 is 33.8. The largest absolute Gasteiger partial charge is 0.443 e. The number of pyridine rings is 1. The van der Waals surface area contributed by atoms with E-state index in [4.69, 9.17) is 4.74 Å². The molecule has 1 atom stereocenters. The Balaban J connectivity index is 1.83. The fourth-order valence-electron chi connectivity index (χ4n) is 3.73. The topological polar surface area (TPSA) is 68.2 Å². The van der Waals surface area contributed by atoms with Crippen LogP contribution >= 0.6 is 0 Å². The van der Waals surface area contributed by atoms with Crippen LogP contribution in [0.25, 0.3) is 22.0 Å². The van der Waals surface area contributed by atoms with E-state index in [2.05, 4.69) is 15.0 Å². The Kier molecular flexibility index (Phi) is 6.24. The van der Waals surface area contributed by atoms with Crippen LogP contribution in [0.5, 0.6) is 0 Å². The van der Waals surface area contributed by atoms with E-state index in [9.17, 15) is 13.6 Å². The van der Waals surface area contributed by atoms with Gasteiger partial charge in [0, 0.05) is 29.4 Å². The zero-order chi connectivity index (χ0) is 24.5. The lowest BCUT2D eigenvalue weighted by Crippen LogP contribution is -2.39. The van der Waals surface area contributed by atoms with Crippen molar-refractivity contribution in [1.82, 2.24) is 15.0 Å². The lowest BCUT2D eigenvalue weighted by Gasteiger charge is -2.32. The average molecular weight is 463 g/mol.